The number of aryl methyl sites for hydroxylation is 2. The molecule has 26 heavy (non-hydrogen) atoms. The molecule has 7 heteroatoms. The fraction of sp³-hybridized carbons (Fsp3) is 0.789. The quantitative estimate of drug-likeness (QED) is 0.414. The Labute approximate surface area is 175 Å². The van der Waals surface area contributed by atoms with Gasteiger partial charge in [0.2, 0.25) is 0 Å². The highest BCUT2D eigenvalue weighted by atomic mass is 127. The third kappa shape index (κ3) is 5.12. The molecule has 2 saturated heterocycles. The van der Waals surface area contributed by atoms with Crippen LogP contribution in [0.4, 0.5) is 0 Å². The molecule has 1 N–H and O–H groups in total. The van der Waals surface area contributed by atoms with Crippen molar-refractivity contribution in [1.82, 2.24) is 24.9 Å². The molecular formula is C19H35IN6. The van der Waals surface area contributed by atoms with Crippen LogP contribution in [0.15, 0.2) is 4.99 Å². The second kappa shape index (κ2) is 9.92. The van der Waals surface area contributed by atoms with Crippen molar-refractivity contribution in [3.8, 4) is 0 Å². The third-order valence-electron chi connectivity index (χ3n) is 5.84. The number of halogens is 1. The molecule has 3 rings (SSSR count). The summed E-state index contributed by atoms with van der Waals surface area (Å²) in [6, 6.07) is 0. The van der Waals surface area contributed by atoms with E-state index in [1.54, 1.807) is 0 Å². The van der Waals surface area contributed by atoms with Gasteiger partial charge in [-0.1, -0.05) is 6.42 Å². The van der Waals surface area contributed by atoms with Gasteiger partial charge in [0.1, 0.15) is 0 Å². The summed E-state index contributed by atoms with van der Waals surface area (Å²) < 4.78 is 1.96. The van der Waals surface area contributed by atoms with Crippen molar-refractivity contribution in [2.75, 3.05) is 39.8 Å². The number of hydrogen-bond donors (Lipinski definition) is 1. The van der Waals surface area contributed by atoms with Gasteiger partial charge in [0.15, 0.2) is 5.96 Å². The summed E-state index contributed by atoms with van der Waals surface area (Å²) in [6.45, 7) is 11.1. The third-order valence-corrected chi connectivity index (χ3v) is 5.84. The number of rotatable bonds is 4. The van der Waals surface area contributed by atoms with E-state index in [1.165, 1.54) is 56.6 Å². The Kier molecular flexibility index (Phi) is 8.19. The minimum absolute atomic E-state index is 0. The van der Waals surface area contributed by atoms with Crippen LogP contribution in [0.1, 0.15) is 42.6 Å². The number of nitrogens with zero attached hydrogens (tertiary/aromatic N) is 5. The van der Waals surface area contributed by atoms with Crippen molar-refractivity contribution in [2.24, 2.45) is 18.0 Å². The highest BCUT2D eigenvalue weighted by molar-refractivity contribution is 14.0. The first kappa shape index (κ1) is 21.5. The molecule has 0 radical (unpaired) electrons. The van der Waals surface area contributed by atoms with Crippen LogP contribution in [0.3, 0.4) is 0 Å². The SMILES string of the molecule is CN=C(NCc1c(C)nn(C)c1C)N1CCC(CN2CCCCC2)C1.I. The van der Waals surface area contributed by atoms with E-state index < -0.39 is 0 Å². The molecule has 3 heterocycles. The zero-order valence-corrected chi connectivity index (χ0v) is 19.1. The first-order valence-corrected chi connectivity index (χ1v) is 9.75. The molecule has 0 aliphatic carbocycles. The molecule has 0 saturated carbocycles. The summed E-state index contributed by atoms with van der Waals surface area (Å²) in [5.74, 6) is 1.81. The molecule has 148 valence electrons. The Morgan fingerprint density at radius 1 is 1.19 bits per heavy atom. The summed E-state index contributed by atoms with van der Waals surface area (Å²) in [7, 11) is 3.90. The molecule has 0 bridgehead atoms. The summed E-state index contributed by atoms with van der Waals surface area (Å²) in [5, 5.41) is 8.06. The summed E-state index contributed by atoms with van der Waals surface area (Å²) >= 11 is 0. The number of guanidine groups is 1. The largest absolute Gasteiger partial charge is 0.352 e. The Bertz CT molecular complexity index is 605. The standard InChI is InChI=1S/C19H34N6.HI/c1-15-18(16(2)23(4)22-15)12-21-19(20-3)25-11-8-17(14-25)13-24-9-6-5-7-10-24;/h17H,5-14H2,1-4H3,(H,20,21);1H. The monoisotopic (exact) mass is 474 g/mol. The molecule has 0 amide bonds. The van der Waals surface area contributed by atoms with Gasteiger partial charge in [-0.2, -0.15) is 5.10 Å². The van der Waals surface area contributed by atoms with Gasteiger partial charge < -0.3 is 15.1 Å². The number of piperidine rings is 1. The lowest BCUT2D eigenvalue weighted by Gasteiger charge is -2.29. The van der Waals surface area contributed by atoms with Gasteiger partial charge in [0, 0.05) is 51.5 Å². The molecule has 1 aromatic rings. The Morgan fingerprint density at radius 2 is 1.92 bits per heavy atom. The van der Waals surface area contributed by atoms with Crippen molar-refractivity contribution in [3.63, 3.8) is 0 Å². The fourth-order valence-electron chi connectivity index (χ4n) is 4.25. The normalized spacial score (nSPS) is 21.8. The molecular weight excluding hydrogens is 439 g/mol. The lowest BCUT2D eigenvalue weighted by Crippen LogP contribution is -2.41. The highest BCUT2D eigenvalue weighted by Gasteiger charge is 2.27. The van der Waals surface area contributed by atoms with Crippen molar-refractivity contribution in [2.45, 2.75) is 46.1 Å². The molecule has 1 aromatic heterocycles. The average Bonchev–Trinajstić information content (AvgIpc) is 3.16. The second-order valence-corrected chi connectivity index (χ2v) is 7.64. The van der Waals surface area contributed by atoms with Gasteiger partial charge in [0.25, 0.3) is 0 Å². The summed E-state index contributed by atoms with van der Waals surface area (Å²) in [4.78, 5) is 9.61. The van der Waals surface area contributed by atoms with E-state index in [0.29, 0.717) is 0 Å². The first-order chi connectivity index (χ1) is 12.1. The van der Waals surface area contributed by atoms with E-state index in [0.717, 1.165) is 37.2 Å². The highest BCUT2D eigenvalue weighted by Crippen LogP contribution is 2.20. The number of hydrogen-bond acceptors (Lipinski definition) is 3. The van der Waals surface area contributed by atoms with Crippen LogP contribution in [0, 0.1) is 19.8 Å². The van der Waals surface area contributed by atoms with Crippen LogP contribution < -0.4 is 5.32 Å². The maximum atomic E-state index is 4.52. The fourth-order valence-corrected chi connectivity index (χ4v) is 4.25. The molecule has 2 aliphatic rings. The van der Waals surface area contributed by atoms with Crippen LogP contribution >= 0.6 is 24.0 Å². The smallest absolute Gasteiger partial charge is 0.193 e. The molecule has 2 aliphatic heterocycles. The van der Waals surface area contributed by atoms with Crippen molar-refractivity contribution in [3.05, 3.63) is 17.0 Å². The van der Waals surface area contributed by atoms with E-state index in [4.69, 9.17) is 0 Å². The van der Waals surface area contributed by atoms with Gasteiger partial charge in [-0.15, -0.1) is 24.0 Å². The number of aliphatic imine (C=N–C) groups is 1. The summed E-state index contributed by atoms with van der Waals surface area (Å²) in [5.41, 5.74) is 3.62. The Balaban J connectivity index is 0.00000243. The van der Waals surface area contributed by atoms with Crippen molar-refractivity contribution >= 4 is 29.9 Å². The van der Waals surface area contributed by atoms with Crippen LogP contribution in [0.2, 0.25) is 0 Å². The maximum Gasteiger partial charge on any atom is 0.193 e. The van der Waals surface area contributed by atoms with Crippen LogP contribution in [0.25, 0.3) is 0 Å². The molecule has 0 aromatic carbocycles. The lowest BCUT2D eigenvalue weighted by atomic mass is 10.1. The minimum atomic E-state index is 0. The number of aromatic nitrogens is 2. The van der Waals surface area contributed by atoms with Gasteiger partial charge in [-0.3, -0.25) is 9.67 Å². The van der Waals surface area contributed by atoms with Gasteiger partial charge in [-0.05, 0) is 52.1 Å². The molecule has 0 spiro atoms. The van der Waals surface area contributed by atoms with Crippen molar-refractivity contribution in [1.29, 1.82) is 0 Å². The molecule has 6 nitrogen and oxygen atoms in total. The van der Waals surface area contributed by atoms with E-state index in [1.807, 2.05) is 18.8 Å². The Hall–Kier alpha value is -0.830. The lowest BCUT2D eigenvalue weighted by molar-refractivity contribution is 0.198. The van der Waals surface area contributed by atoms with Gasteiger partial charge in [0.05, 0.1) is 5.69 Å². The predicted molar refractivity (Wildman–Crippen MR) is 118 cm³/mol. The topological polar surface area (TPSA) is 48.7 Å². The Morgan fingerprint density at radius 3 is 2.54 bits per heavy atom. The molecule has 2 fully saturated rings. The zero-order valence-electron chi connectivity index (χ0n) is 16.8. The molecule has 1 unspecified atom stereocenters. The van der Waals surface area contributed by atoms with E-state index in [9.17, 15) is 0 Å². The maximum absolute atomic E-state index is 4.52. The second-order valence-electron chi connectivity index (χ2n) is 7.64. The van der Waals surface area contributed by atoms with Crippen LogP contribution in [0.5, 0.6) is 0 Å². The predicted octanol–water partition coefficient (Wildman–Crippen LogP) is 2.54. The first-order valence-electron chi connectivity index (χ1n) is 9.75. The van der Waals surface area contributed by atoms with E-state index in [2.05, 4.69) is 39.1 Å². The van der Waals surface area contributed by atoms with Gasteiger partial charge >= 0.3 is 0 Å². The average molecular weight is 474 g/mol. The van der Waals surface area contributed by atoms with Gasteiger partial charge in [-0.25, -0.2) is 0 Å². The van der Waals surface area contributed by atoms with Crippen molar-refractivity contribution < 1.29 is 0 Å². The molecule has 1 atom stereocenters. The summed E-state index contributed by atoms with van der Waals surface area (Å²) in [6.07, 6.45) is 5.45. The van der Waals surface area contributed by atoms with Crippen LogP contribution in [-0.4, -0.2) is 65.3 Å². The van der Waals surface area contributed by atoms with E-state index >= 15 is 0 Å². The van der Waals surface area contributed by atoms with Crippen LogP contribution in [-0.2, 0) is 13.6 Å². The minimum Gasteiger partial charge on any atom is -0.352 e. The number of likely N-dealkylation sites (tertiary alicyclic amines) is 2. The zero-order chi connectivity index (χ0) is 17.8. The number of nitrogens with one attached hydrogen (secondary N) is 1. The van der Waals surface area contributed by atoms with E-state index in [-0.39, 0.29) is 24.0 Å².